The first kappa shape index (κ1) is 23.5. The normalized spacial score (nSPS) is 15.6. The van der Waals surface area contributed by atoms with Crippen molar-refractivity contribution in [2.75, 3.05) is 19.0 Å². The van der Waals surface area contributed by atoms with E-state index in [2.05, 4.69) is 10.5 Å². The highest BCUT2D eigenvalue weighted by Crippen LogP contribution is 2.34. The number of benzene rings is 2. The van der Waals surface area contributed by atoms with Crippen LogP contribution in [0.3, 0.4) is 0 Å². The van der Waals surface area contributed by atoms with Crippen LogP contribution >= 0.6 is 0 Å². The van der Waals surface area contributed by atoms with E-state index in [0.29, 0.717) is 28.6 Å². The molecule has 2 heterocycles. The number of amides is 2. The second kappa shape index (κ2) is 8.94. The standard InChI is InChI=1S/C24H26FN3O5Si/c1-32-16-6-7-17-14(11-16)9-10-28(24(31)19-13-21(29)27-33-19)22(17)23(30)26-15-5-8-20(18(25)12-15)34(2,3)4/h5-8,11-13,22H,9-10H2,1-4H3,(H,26,30)(H,27,29). The summed E-state index contributed by atoms with van der Waals surface area (Å²) >= 11 is 0. The maximum absolute atomic E-state index is 14.8. The molecule has 34 heavy (non-hydrogen) atoms. The first-order valence-corrected chi connectivity index (χ1v) is 14.3. The van der Waals surface area contributed by atoms with Gasteiger partial charge in [-0.15, -0.1) is 0 Å². The lowest BCUT2D eigenvalue weighted by molar-refractivity contribution is -0.121. The average Bonchev–Trinajstić information content (AvgIpc) is 3.22. The number of aromatic nitrogens is 1. The summed E-state index contributed by atoms with van der Waals surface area (Å²) in [6, 6.07) is 10.1. The molecule has 0 saturated heterocycles. The molecule has 3 aromatic rings. The van der Waals surface area contributed by atoms with Crippen LogP contribution < -0.4 is 15.2 Å². The van der Waals surface area contributed by atoms with Gasteiger partial charge in [0.1, 0.15) is 17.6 Å². The van der Waals surface area contributed by atoms with Gasteiger partial charge in [0.15, 0.2) is 0 Å². The lowest BCUT2D eigenvalue weighted by Gasteiger charge is -2.36. The molecule has 0 saturated carbocycles. The van der Waals surface area contributed by atoms with Gasteiger partial charge >= 0.3 is 0 Å². The number of hydrogen-bond donors (Lipinski definition) is 2. The van der Waals surface area contributed by atoms with E-state index >= 15 is 0 Å². The fraction of sp³-hybridized carbons (Fsp3) is 0.292. The second-order valence-corrected chi connectivity index (χ2v) is 14.2. The molecule has 4 rings (SSSR count). The van der Waals surface area contributed by atoms with Gasteiger partial charge in [0, 0.05) is 12.2 Å². The van der Waals surface area contributed by atoms with Crippen molar-refractivity contribution in [3.63, 3.8) is 0 Å². The molecule has 0 bridgehead atoms. The van der Waals surface area contributed by atoms with Crippen molar-refractivity contribution in [1.82, 2.24) is 10.1 Å². The van der Waals surface area contributed by atoms with Gasteiger partial charge in [-0.05, 0) is 52.2 Å². The number of anilines is 1. The molecule has 0 spiro atoms. The summed E-state index contributed by atoms with van der Waals surface area (Å²) in [5.41, 5.74) is 1.79. The van der Waals surface area contributed by atoms with E-state index in [-0.39, 0.29) is 18.1 Å². The zero-order valence-electron chi connectivity index (χ0n) is 19.4. The summed E-state index contributed by atoms with van der Waals surface area (Å²) in [7, 11) is -0.325. The van der Waals surface area contributed by atoms with Crippen LogP contribution in [0, 0.1) is 5.82 Å². The number of methoxy groups -OCH3 is 1. The predicted octanol–water partition coefficient (Wildman–Crippen LogP) is 3.45. The molecule has 2 N–H and O–H groups in total. The zero-order chi connectivity index (χ0) is 24.6. The summed E-state index contributed by atoms with van der Waals surface area (Å²) in [4.78, 5) is 28.0. The van der Waals surface area contributed by atoms with Gasteiger partial charge in [0.2, 0.25) is 5.76 Å². The van der Waals surface area contributed by atoms with Crippen LogP contribution in [0.1, 0.15) is 27.7 Å². The van der Waals surface area contributed by atoms with Crippen molar-refractivity contribution in [2.24, 2.45) is 0 Å². The SMILES string of the molecule is COc1ccc2c(c1)CCN(C(=O)c1cc(O)no1)C2C(=O)Nc1ccc([Si](C)(C)C)c(F)c1. The number of carbonyl (C=O) groups excluding carboxylic acids is 2. The fourth-order valence-electron chi connectivity index (χ4n) is 4.15. The maximum Gasteiger partial charge on any atom is 0.293 e. The van der Waals surface area contributed by atoms with Gasteiger partial charge in [-0.1, -0.05) is 31.8 Å². The summed E-state index contributed by atoms with van der Waals surface area (Å²) in [6.45, 7) is 6.35. The van der Waals surface area contributed by atoms with Gasteiger partial charge in [0.25, 0.3) is 17.7 Å². The molecule has 10 heteroatoms. The minimum atomic E-state index is -1.88. The molecule has 0 radical (unpaired) electrons. The fourth-order valence-corrected chi connectivity index (χ4v) is 5.52. The van der Waals surface area contributed by atoms with E-state index in [1.807, 2.05) is 25.7 Å². The van der Waals surface area contributed by atoms with Crippen LogP contribution in [-0.2, 0) is 11.2 Å². The first-order valence-electron chi connectivity index (χ1n) is 10.8. The van der Waals surface area contributed by atoms with Gasteiger partial charge in [0.05, 0.1) is 21.3 Å². The van der Waals surface area contributed by atoms with Gasteiger partial charge in [-0.2, -0.15) is 0 Å². The average molecular weight is 484 g/mol. The number of hydrogen-bond acceptors (Lipinski definition) is 6. The van der Waals surface area contributed by atoms with Crippen molar-refractivity contribution in [1.29, 1.82) is 0 Å². The molecule has 2 amide bonds. The molecule has 1 atom stereocenters. The molecule has 8 nitrogen and oxygen atoms in total. The molecule has 1 unspecified atom stereocenters. The monoisotopic (exact) mass is 483 g/mol. The van der Waals surface area contributed by atoms with Gasteiger partial charge < -0.3 is 24.6 Å². The third-order valence-corrected chi connectivity index (χ3v) is 7.86. The van der Waals surface area contributed by atoms with Crippen LogP contribution in [-0.4, -0.2) is 48.7 Å². The Morgan fingerprint density at radius 2 is 1.97 bits per heavy atom. The molecule has 0 aliphatic carbocycles. The van der Waals surface area contributed by atoms with Gasteiger partial charge in [-0.25, -0.2) is 4.39 Å². The van der Waals surface area contributed by atoms with E-state index in [9.17, 15) is 19.1 Å². The summed E-state index contributed by atoms with van der Waals surface area (Å²) in [5, 5.41) is 16.3. The van der Waals surface area contributed by atoms with E-state index < -0.39 is 31.8 Å². The smallest absolute Gasteiger partial charge is 0.293 e. The van der Waals surface area contributed by atoms with Crippen LogP contribution in [0.5, 0.6) is 11.6 Å². The number of nitrogens with one attached hydrogen (secondary N) is 1. The predicted molar refractivity (Wildman–Crippen MR) is 127 cm³/mol. The quantitative estimate of drug-likeness (QED) is 0.539. The number of nitrogens with zero attached hydrogens (tertiary/aromatic N) is 2. The van der Waals surface area contributed by atoms with Crippen molar-refractivity contribution < 1.29 is 28.3 Å². The summed E-state index contributed by atoms with van der Waals surface area (Å²) < 4.78 is 25.0. The highest BCUT2D eigenvalue weighted by molar-refractivity contribution is 6.88. The Balaban J connectivity index is 1.69. The number of aromatic hydroxyl groups is 1. The van der Waals surface area contributed by atoms with E-state index in [4.69, 9.17) is 9.26 Å². The lowest BCUT2D eigenvalue weighted by Crippen LogP contribution is -2.45. The third kappa shape index (κ3) is 4.53. The van der Waals surface area contributed by atoms with Crippen molar-refractivity contribution in [2.45, 2.75) is 32.1 Å². The first-order chi connectivity index (χ1) is 16.1. The Labute approximate surface area is 197 Å². The highest BCUT2D eigenvalue weighted by Gasteiger charge is 2.38. The number of fused-ring (bicyclic) bond motifs is 1. The number of halogens is 1. The van der Waals surface area contributed by atoms with Gasteiger partial charge in [-0.3, -0.25) is 9.59 Å². The van der Waals surface area contributed by atoms with Crippen LogP contribution in [0.15, 0.2) is 47.0 Å². The number of ether oxygens (including phenoxy) is 1. The summed E-state index contributed by atoms with van der Waals surface area (Å²) in [5.74, 6) is -1.42. The molecular weight excluding hydrogens is 457 g/mol. The van der Waals surface area contributed by atoms with Crippen LogP contribution in [0.4, 0.5) is 10.1 Å². The zero-order valence-corrected chi connectivity index (χ0v) is 20.4. The van der Waals surface area contributed by atoms with Crippen molar-refractivity contribution in [3.05, 3.63) is 65.2 Å². The Morgan fingerprint density at radius 3 is 2.59 bits per heavy atom. The minimum absolute atomic E-state index is 0.183. The lowest BCUT2D eigenvalue weighted by atomic mass is 9.91. The Kier molecular flexibility index (Phi) is 6.18. The third-order valence-electron chi connectivity index (χ3n) is 5.84. The molecule has 1 aliphatic rings. The Morgan fingerprint density at radius 1 is 1.21 bits per heavy atom. The van der Waals surface area contributed by atoms with E-state index in [1.54, 1.807) is 31.4 Å². The van der Waals surface area contributed by atoms with Crippen molar-refractivity contribution in [3.8, 4) is 11.6 Å². The molecule has 1 aromatic heterocycles. The second-order valence-electron chi connectivity index (χ2n) is 9.20. The summed E-state index contributed by atoms with van der Waals surface area (Å²) in [6.07, 6.45) is 0.488. The van der Waals surface area contributed by atoms with Crippen LogP contribution in [0.25, 0.3) is 0 Å². The maximum atomic E-state index is 14.8. The minimum Gasteiger partial charge on any atom is -0.497 e. The Bertz CT molecular complexity index is 1250. The Hall–Kier alpha value is -3.66. The molecule has 2 aromatic carbocycles. The topological polar surface area (TPSA) is 105 Å². The van der Waals surface area contributed by atoms with E-state index in [1.165, 1.54) is 11.0 Å². The molecule has 1 aliphatic heterocycles. The molecular formula is C24H26FN3O5Si. The van der Waals surface area contributed by atoms with Crippen molar-refractivity contribution >= 4 is 30.8 Å². The highest BCUT2D eigenvalue weighted by atomic mass is 28.3. The van der Waals surface area contributed by atoms with E-state index in [0.717, 1.165) is 11.6 Å². The number of carbonyl (C=O) groups is 2. The number of rotatable bonds is 5. The van der Waals surface area contributed by atoms with Crippen LogP contribution in [0.2, 0.25) is 19.6 Å². The molecule has 0 fully saturated rings. The molecule has 178 valence electrons. The largest absolute Gasteiger partial charge is 0.497 e.